The summed E-state index contributed by atoms with van der Waals surface area (Å²) < 4.78 is 10.5. The number of rotatable bonds is 6. The summed E-state index contributed by atoms with van der Waals surface area (Å²) in [6.45, 7) is 11.5. The number of Topliss-reactive ketones (excluding diaryl/α,β-unsaturated/α-hetero) is 1. The molecule has 0 aromatic rings. The average molecular weight is 504 g/mol. The second kappa shape index (κ2) is 10.1. The average Bonchev–Trinajstić information content (AvgIpc) is 3.12. The van der Waals surface area contributed by atoms with Crippen molar-refractivity contribution >= 4 is 23.6 Å². The molecule has 4 aliphatic rings. The Hall–Kier alpha value is -1.92. The first-order valence-electron chi connectivity index (χ1n) is 14.0. The maximum absolute atomic E-state index is 12.9. The molecule has 1 N–H and O–H groups in total. The van der Waals surface area contributed by atoms with Crippen LogP contribution in [0.5, 0.6) is 0 Å². The van der Waals surface area contributed by atoms with E-state index in [0.29, 0.717) is 41.4 Å². The zero-order valence-electron chi connectivity index (χ0n) is 22.9. The van der Waals surface area contributed by atoms with E-state index in [-0.39, 0.29) is 41.6 Å². The van der Waals surface area contributed by atoms with Crippen LogP contribution in [-0.2, 0) is 28.7 Å². The van der Waals surface area contributed by atoms with Gasteiger partial charge in [0.05, 0.1) is 0 Å². The molecule has 0 aliphatic heterocycles. The molecule has 1 amide bonds. The summed E-state index contributed by atoms with van der Waals surface area (Å²) in [6, 6.07) is 0.0206. The van der Waals surface area contributed by atoms with Gasteiger partial charge in [0.2, 0.25) is 0 Å². The Kier molecular flexibility index (Phi) is 7.60. The van der Waals surface area contributed by atoms with Crippen LogP contribution < -0.4 is 5.32 Å². The van der Waals surface area contributed by atoms with Crippen molar-refractivity contribution in [3.8, 4) is 0 Å². The van der Waals surface area contributed by atoms with E-state index in [1.165, 1.54) is 39.5 Å². The lowest BCUT2D eigenvalue weighted by Gasteiger charge is -2.63. The van der Waals surface area contributed by atoms with Gasteiger partial charge in [0.25, 0.3) is 5.91 Å². The lowest BCUT2D eigenvalue weighted by Crippen LogP contribution is -2.60. The van der Waals surface area contributed by atoms with Gasteiger partial charge in [-0.1, -0.05) is 20.8 Å². The molecular weight excluding hydrogens is 458 g/mol. The number of carbonyl (C=O) groups is 4. The van der Waals surface area contributed by atoms with Crippen LogP contribution in [0.25, 0.3) is 0 Å². The van der Waals surface area contributed by atoms with Crippen molar-refractivity contribution < 1.29 is 28.7 Å². The number of nitrogens with one attached hydrogen (secondary N) is 1. The summed E-state index contributed by atoms with van der Waals surface area (Å²) in [7, 11) is 0. The molecular formula is C29H45NO6. The Morgan fingerprint density at radius 1 is 1.06 bits per heavy atom. The van der Waals surface area contributed by atoms with E-state index >= 15 is 0 Å². The largest absolute Gasteiger partial charge is 0.456 e. The number of amides is 1. The lowest BCUT2D eigenvalue weighted by atomic mass is 9.42. The van der Waals surface area contributed by atoms with Crippen LogP contribution in [0.1, 0.15) is 92.9 Å². The molecule has 10 atom stereocenters. The highest BCUT2D eigenvalue weighted by Crippen LogP contribution is 2.68. The number of ether oxygens (including phenoxy) is 2. The zero-order chi connectivity index (χ0) is 26.4. The highest BCUT2D eigenvalue weighted by atomic mass is 16.5. The summed E-state index contributed by atoms with van der Waals surface area (Å²) in [5.74, 6) is 1.65. The fourth-order valence-electron chi connectivity index (χ4n) is 9.30. The van der Waals surface area contributed by atoms with Gasteiger partial charge >= 0.3 is 11.9 Å². The third-order valence-corrected chi connectivity index (χ3v) is 10.9. The molecule has 4 fully saturated rings. The van der Waals surface area contributed by atoms with E-state index < -0.39 is 12.1 Å². The quantitative estimate of drug-likeness (QED) is 0.538. The van der Waals surface area contributed by atoms with Crippen molar-refractivity contribution in [1.82, 2.24) is 5.32 Å². The molecule has 4 rings (SSSR count). The molecule has 0 bridgehead atoms. The summed E-state index contributed by atoms with van der Waals surface area (Å²) >= 11 is 0. The van der Waals surface area contributed by atoms with Gasteiger partial charge in [-0.05, 0) is 92.3 Å². The van der Waals surface area contributed by atoms with Crippen LogP contribution in [-0.4, -0.2) is 42.4 Å². The van der Waals surface area contributed by atoms with Crippen molar-refractivity contribution in [3.05, 3.63) is 0 Å². The minimum atomic E-state index is -0.623. The molecule has 0 saturated heterocycles. The molecule has 7 heteroatoms. The van der Waals surface area contributed by atoms with Gasteiger partial charge in [-0.3, -0.25) is 19.2 Å². The smallest absolute Gasteiger partial charge is 0.303 e. The van der Waals surface area contributed by atoms with Gasteiger partial charge in [0, 0.05) is 32.2 Å². The predicted octanol–water partition coefficient (Wildman–Crippen LogP) is 4.46. The number of hydrogen-bond acceptors (Lipinski definition) is 6. The van der Waals surface area contributed by atoms with E-state index in [4.69, 9.17) is 9.47 Å². The second-order valence-electron chi connectivity index (χ2n) is 12.9. The first-order chi connectivity index (χ1) is 16.9. The lowest BCUT2D eigenvalue weighted by molar-refractivity contribution is -0.187. The summed E-state index contributed by atoms with van der Waals surface area (Å²) in [4.78, 5) is 48.0. The number of carbonyl (C=O) groups excluding carboxylic acids is 4. The number of hydrogen-bond donors (Lipinski definition) is 1. The molecule has 1 unspecified atom stereocenters. The molecule has 0 heterocycles. The highest BCUT2D eigenvalue weighted by Gasteiger charge is 2.63. The SMILES string of the molecule is CC(=O)OCC(=O)NC(C)C[C@H]1CC[C@@]2(C)CC[C@H]3[C@@H](CC[C@H]4CC(=O)[C@H](OC(C)=O)[C@H](C)[C@@]43C)[C@H]12. The van der Waals surface area contributed by atoms with E-state index in [1.807, 2.05) is 0 Å². The van der Waals surface area contributed by atoms with Crippen molar-refractivity contribution in [2.45, 2.75) is 105 Å². The normalized spacial score (nSPS) is 42.4. The molecule has 0 radical (unpaired) electrons. The van der Waals surface area contributed by atoms with E-state index in [9.17, 15) is 19.2 Å². The molecule has 4 saturated carbocycles. The molecule has 0 spiro atoms. The molecule has 202 valence electrons. The van der Waals surface area contributed by atoms with Crippen LogP contribution in [0.15, 0.2) is 0 Å². The molecule has 0 aromatic heterocycles. The third kappa shape index (κ3) is 4.83. The summed E-state index contributed by atoms with van der Waals surface area (Å²) in [5.41, 5.74) is 0.300. The fraction of sp³-hybridized carbons (Fsp3) is 0.862. The summed E-state index contributed by atoms with van der Waals surface area (Å²) in [5, 5.41) is 3.03. The van der Waals surface area contributed by atoms with Gasteiger partial charge in [-0.25, -0.2) is 0 Å². The maximum Gasteiger partial charge on any atom is 0.303 e. The first-order valence-corrected chi connectivity index (χ1v) is 14.0. The number of fused-ring (bicyclic) bond motifs is 5. The Morgan fingerprint density at radius 2 is 1.75 bits per heavy atom. The minimum Gasteiger partial charge on any atom is -0.456 e. The molecule has 36 heavy (non-hydrogen) atoms. The Bertz CT molecular complexity index is 902. The van der Waals surface area contributed by atoms with Crippen LogP contribution in [0.3, 0.4) is 0 Å². The first kappa shape index (κ1) is 27.1. The highest BCUT2D eigenvalue weighted by molar-refractivity contribution is 5.87. The van der Waals surface area contributed by atoms with Gasteiger partial charge in [0.15, 0.2) is 18.5 Å². The van der Waals surface area contributed by atoms with Crippen LogP contribution >= 0.6 is 0 Å². The van der Waals surface area contributed by atoms with Crippen molar-refractivity contribution in [1.29, 1.82) is 0 Å². The Morgan fingerprint density at radius 3 is 2.42 bits per heavy atom. The van der Waals surface area contributed by atoms with E-state index in [0.717, 1.165) is 19.3 Å². The number of ketones is 1. The van der Waals surface area contributed by atoms with Crippen LogP contribution in [0.4, 0.5) is 0 Å². The predicted molar refractivity (Wildman–Crippen MR) is 135 cm³/mol. The van der Waals surface area contributed by atoms with Crippen molar-refractivity contribution in [2.75, 3.05) is 6.61 Å². The fourth-order valence-corrected chi connectivity index (χ4v) is 9.30. The van der Waals surface area contributed by atoms with Gasteiger partial charge < -0.3 is 14.8 Å². The zero-order valence-corrected chi connectivity index (χ0v) is 22.9. The molecule has 7 nitrogen and oxygen atoms in total. The van der Waals surface area contributed by atoms with Gasteiger partial charge in [0.1, 0.15) is 0 Å². The number of esters is 2. The van der Waals surface area contributed by atoms with Gasteiger partial charge in [-0.15, -0.1) is 0 Å². The van der Waals surface area contributed by atoms with Crippen LogP contribution in [0.2, 0.25) is 0 Å². The standard InChI is InChI=1S/C29H45NO6/c1-16(30-25(34)15-35-18(3)31)13-20-9-11-28(5)12-10-23-22(26(20)28)8-7-21-14-24(33)27(36-19(4)32)17(2)29(21,23)6/h16-17,20-23,26-27H,7-15H2,1-6H3,(H,30,34)/t16?,17-,20+,21-,22+,23-,26-,27+,28-,29-/m0/s1. The molecule has 0 aromatic carbocycles. The topological polar surface area (TPSA) is 98.8 Å². The van der Waals surface area contributed by atoms with E-state index in [1.54, 1.807) is 0 Å². The third-order valence-electron chi connectivity index (χ3n) is 10.9. The van der Waals surface area contributed by atoms with E-state index in [2.05, 4.69) is 33.0 Å². The summed E-state index contributed by atoms with van der Waals surface area (Å²) in [6.07, 6.45) is 7.84. The minimum absolute atomic E-state index is 0.0177. The van der Waals surface area contributed by atoms with Gasteiger partial charge in [-0.2, -0.15) is 0 Å². The second-order valence-corrected chi connectivity index (χ2v) is 12.9. The Balaban J connectivity index is 1.52. The monoisotopic (exact) mass is 503 g/mol. The van der Waals surface area contributed by atoms with Crippen LogP contribution in [0, 0.1) is 46.3 Å². The maximum atomic E-state index is 12.9. The molecule has 4 aliphatic carbocycles. The van der Waals surface area contributed by atoms with Crippen molar-refractivity contribution in [3.63, 3.8) is 0 Å². The van der Waals surface area contributed by atoms with Crippen molar-refractivity contribution in [2.24, 2.45) is 46.3 Å². The Labute approximate surface area is 215 Å².